The van der Waals surface area contributed by atoms with Crippen LogP contribution in [0.5, 0.6) is 11.5 Å². The molecule has 5 heterocycles. The van der Waals surface area contributed by atoms with Gasteiger partial charge < -0.3 is 14.5 Å². The van der Waals surface area contributed by atoms with Crippen LogP contribution in [-0.2, 0) is 6.54 Å². The first kappa shape index (κ1) is 22.4. The molecule has 2 aromatic heterocycles. The minimum absolute atomic E-state index is 0.141. The van der Waals surface area contributed by atoms with Gasteiger partial charge in [-0.25, -0.2) is 4.68 Å². The second-order valence-corrected chi connectivity index (χ2v) is 10.0. The normalized spacial score (nSPS) is 20.7. The number of nitrogens with one attached hydrogen (secondary N) is 1. The van der Waals surface area contributed by atoms with E-state index in [1.165, 1.54) is 12.8 Å². The van der Waals surface area contributed by atoms with Gasteiger partial charge in [-0.1, -0.05) is 30.3 Å². The van der Waals surface area contributed by atoms with Crippen LogP contribution in [0, 0.1) is 0 Å². The first-order valence-electron chi connectivity index (χ1n) is 13.0. The summed E-state index contributed by atoms with van der Waals surface area (Å²) in [5.74, 6) is 2.03. The fraction of sp³-hybridized carbons (Fsp3) is 0.407. The third-order valence-electron chi connectivity index (χ3n) is 7.79. The number of piperazine rings is 1. The summed E-state index contributed by atoms with van der Waals surface area (Å²) in [6.45, 7) is 5.40. The first-order chi connectivity index (χ1) is 18.2. The molecule has 0 saturated carbocycles. The number of ether oxygens (including phenoxy) is 2. The minimum atomic E-state index is -0.372. The number of hydrogen-bond acceptors (Lipinski definition) is 8. The third kappa shape index (κ3) is 4.15. The SMILES string of the molecule is O=c1[nH]c2cc3c(cc2cc1[C@@H](c1nnnn1Cc1ccccc1)N1CCN2CCC[C@H]2C1)OCCO3. The lowest BCUT2D eigenvalue weighted by atomic mass is 10.0. The number of aromatic nitrogens is 5. The van der Waals surface area contributed by atoms with Gasteiger partial charge in [0.1, 0.15) is 19.3 Å². The molecule has 0 spiro atoms. The maximum atomic E-state index is 13.6. The summed E-state index contributed by atoms with van der Waals surface area (Å²) in [4.78, 5) is 21.7. The molecule has 2 saturated heterocycles. The zero-order valence-electron chi connectivity index (χ0n) is 20.5. The van der Waals surface area contributed by atoms with Gasteiger partial charge in [0.25, 0.3) is 5.56 Å². The monoisotopic (exact) mass is 499 g/mol. The van der Waals surface area contributed by atoms with Crippen molar-refractivity contribution >= 4 is 10.9 Å². The lowest BCUT2D eigenvalue weighted by Gasteiger charge is -2.41. The number of benzene rings is 2. The Morgan fingerprint density at radius 1 is 1.03 bits per heavy atom. The molecular formula is C27H29N7O3. The Bertz CT molecular complexity index is 1480. The molecular weight excluding hydrogens is 470 g/mol. The lowest BCUT2D eigenvalue weighted by molar-refractivity contribution is 0.0790. The second kappa shape index (κ2) is 9.28. The van der Waals surface area contributed by atoms with E-state index in [-0.39, 0.29) is 11.6 Å². The summed E-state index contributed by atoms with van der Waals surface area (Å²) in [7, 11) is 0. The van der Waals surface area contributed by atoms with Crippen LogP contribution >= 0.6 is 0 Å². The van der Waals surface area contributed by atoms with E-state index in [1.807, 2.05) is 41.1 Å². The number of nitrogens with zero attached hydrogens (tertiary/aromatic N) is 6. The predicted octanol–water partition coefficient (Wildman–Crippen LogP) is 2.20. The van der Waals surface area contributed by atoms with Crippen LogP contribution in [0.2, 0.25) is 0 Å². The van der Waals surface area contributed by atoms with Crippen molar-refractivity contribution in [2.75, 3.05) is 39.4 Å². The molecule has 0 unspecified atom stereocenters. The van der Waals surface area contributed by atoms with Gasteiger partial charge >= 0.3 is 0 Å². The van der Waals surface area contributed by atoms with E-state index in [0.29, 0.717) is 48.7 Å². The van der Waals surface area contributed by atoms with Gasteiger partial charge in [0, 0.05) is 42.7 Å². The van der Waals surface area contributed by atoms with Crippen molar-refractivity contribution < 1.29 is 9.47 Å². The number of H-pyrrole nitrogens is 1. The van der Waals surface area contributed by atoms with Crippen LogP contribution in [-0.4, -0.2) is 80.4 Å². The van der Waals surface area contributed by atoms with E-state index in [2.05, 4.69) is 42.4 Å². The molecule has 3 aliphatic rings. The van der Waals surface area contributed by atoms with E-state index in [4.69, 9.17) is 9.47 Å². The Kier molecular flexibility index (Phi) is 5.63. The van der Waals surface area contributed by atoms with E-state index in [0.717, 1.165) is 42.6 Å². The van der Waals surface area contributed by atoms with Crippen molar-refractivity contribution in [2.45, 2.75) is 31.5 Å². The van der Waals surface area contributed by atoms with E-state index >= 15 is 0 Å². The molecule has 0 bridgehead atoms. The standard InChI is InChI=1S/C27H29N7O3/c35-27-21(13-19-14-23-24(15-22(19)28-27)37-12-11-36-23)25(33-10-9-32-8-4-7-20(32)17-33)26-29-30-31-34(26)16-18-5-2-1-3-6-18/h1-3,5-6,13-15,20,25H,4,7-12,16-17H2,(H,28,35)/t20-,25-/m0/s1. The molecule has 7 rings (SSSR count). The van der Waals surface area contributed by atoms with Crippen LogP contribution in [0.4, 0.5) is 0 Å². The Hall–Kier alpha value is -3.76. The molecule has 0 amide bonds. The van der Waals surface area contributed by atoms with Gasteiger partial charge in [0.15, 0.2) is 17.3 Å². The molecule has 10 nitrogen and oxygen atoms in total. The largest absolute Gasteiger partial charge is 0.486 e. The van der Waals surface area contributed by atoms with Crippen molar-refractivity contribution in [3.63, 3.8) is 0 Å². The summed E-state index contributed by atoms with van der Waals surface area (Å²) in [5, 5.41) is 13.8. The molecule has 4 aromatic rings. The second-order valence-electron chi connectivity index (χ2n) is 10.0. The maximum Gasteiger partial charge on any atom is 0.253 e. The highest BCUT2D eigenvalue weighted by atomic mass is 16.6. The smallest absolute Gasteiger partial charge is 0.253 e. The highest BCUT2D eigenvalue weighted by Crippen LogP contribution is 2.36. The van der Waals surface area contributed by atoms with Gasteiger partial charge in [-0.05, 0) is 47.5 Å². The molecule has 3 aliphatic heterocycles. The average Bonchev–Trinajstić information content (AvgIpc) is 3.58. The highest BCUT2D eigenvalue weighted by Gasteiger charge is 2.37. The summed E-state index contributed by atoms with van der Waals surface area (Å²) in [6, 6.07) is 16.0. The molecule has 2 atom stereocenters. The molecule has 2 fully saturated rings. The number of fused-ring (bicyclic) bond motifs is 3. The molecule has 190 valence electrons. The fourth-order valence-corrected chi connectivity index (χ4v) is 5.99. The van der Waals surface area contributed by atoms with Crippen molar-refractivity contribution in [3.05, 3.63) is 75.8 Å². The zero-order valence-corrected chi connectivity index (χ0v) is 20.5. The van der Waals surface area contributed by atoms with E-state index < -0.39 is 0 Å². The highest BCUT2D eigenvalue weighted by molar-refractivity contribution is 5.83. The van der Waals surface area contributed by atoms with E-state index in [9.17, 15) is 4.79 Å². The summed E-state index contributed by atoms with van der Waals surface area (Å²) < 4.78 is 13.4. The Labute approximate surface area is 213 Å². The topological polar surface area (TPSA) is 101 Å². The van der Waals surface area contributed by atoms with Crippen LogP contribution in [0.15, 0.2) is 53.3 Å². The molecule has 2 aromatic carbocycles. The van der Waals surface area contributed by atoms with Crippen LogP contribution in [0.25, 0.3) is 10.9 Å². The number of tetrazole rings is 1. The Morgan fingerprint density at radius 2 is 1.86 bits per heavy atom. The summed E-state index contributed by atoms with van der Waals surface area (Å²) in [6.07, 6.45) is 2.40. The average molecular weight is 500 g/mol. The number of pyridine rings is 1. The minimum Gasteiger partial charge on any atom is -0.486 e. The zero-order chi connectivity index (χ0) is 24.8. The first-order valence-corrected chi connectivity index (χ1v) is 13.0. The van der Waals surface area contributed by atoms with Crippen LogP contribution < -0.4 is 15.0 Å². The van der Waals surface area contributed by atoms with Crippen molar-refractivity contribution in [3.8, 4) is 11.5 Å². The van der Waals surface area contributed by atoms with Crippen LogP contribution in [0.3, 0.4) is 0 Å². The third-order valence-corrected chi connectivity index (χ3v) is 7.79. The number of rotatable bonds is 5. The quantitative estimate of drug-likeness (QED) is 0.446. The fourth-order valence-electron chi connectivity index (χ4n) is 5.99. The van der Waals surface area contributed by atoms with Crippen molar-refractivity contribution in [1.29, 1.82) is 0 Å². The Balaban J connectivity index is 1.33. The van der Waals surface area contributed by atoms with E-state index in [1.54, 1.807) is 0 Å². The number of aromatic amines is 1. The van der Waals surface area contributed by atoms with Gasteiger partial charge in [-0.15, -0.1) is 5.10 Å². The van der Waals surface area contributed by atoms with Gasteiger partial charge in [0.2, 0.25) is 0 Å². The Morgan fingerprint density at radius 3 is 2.73 bits per heavy atom. The molecule has 1 N–H and O–H groups in total. The molecule has 37 heavy (non-hydrogen) atoms. The molecule has 0 aliphatic carbocycles. The lowest BCUT2D eigenvalue weighted by Crippen LogP contribution is -2.52. The molecule has 0 radical (unpaired) electrons. The van der Waals surface area contributed by atoms with Gasteiger partial charge in [-0.3, -0.25) is 14.6 Å². The summed E-state index contributed by atoms with van der Waals surface area (Å²) in [5.41, 5.74) is 2.32. The van der Waals surface area contributed by atoms with Crippen molar-refractivity contribution in [1.82, 2.24) is 35.0 Å². The van der Waals surface area contributed by atoms with Crippen LogP contribution in [0.1, 0.15) is 35.8 Å². The summed E-state index contributed by atoms with van der Waals surface area (Å²) >= 11 is 0. The number of hydrogen-bond donors (Lipinski definition) is 1. The van der Waals surface area contributed by atoms with Gasteiger partial charge in [0.05, 0.1) is 12.1 Å². The van der Waals surface area contributed by atoms with Gasteiger partial charge in [-0.2, -0.15) is 0 Å². The molecule has 10 heteroatoms. The predicted molar refractivity (Wildman–Crippen MR) is 137 cm³/mol. The maximum absolute atomic E-state index is 13.6. The van der Waals surface area contributed by atoms with Crippen molar-refractivity contribution in [2.24, 2.45) is 0 Å².